The van der Waals surface area contributed by atoms with Crippen molar-refractivity contribution < 1.29 is 9.84 Å². The molecular formula is C23H30O2. The Labute approximate surface area is 152 Å². The zero-order chi connectivity index (χ0) is 17.8. The lowest BCUT2D eigenvalue weighted by molar-refractivity contribution is -0.0747. The van der Waals surface area contributed by atoms with Crippen molar-refractivity contribution in [3.8, 4) is 12.3 Å². The molecule has 0 heterocycles. The molecule has 4 rings (SSSR count). The number of fused-ring (bicyclic) bond motifs is 5. The van der Waals surface area contributed by atoms with Gasteiger partial charge in [0.2, 0.25) is 0 Å². The normalized spacial score (nSPS) is 45.4. The Hall–Kier alpha value is -1.46. The summed E-state index contributed by atoms with van der Waals surface area (Å²) in [4.78, 5) is 0. The van der Waals surface area contributed by atoms with Gasteiger partial charge in [-0.1, -0.05) is 31.1 Å². The number of hydrogen-bond donors (Lipinski definition) is 1. The second kappa shape index (κ2) is 5.78. The summed E-state index contributed by atoms with van der Waals surface area (Å²) in [6.07, 6.45) is 17.4. The van der Waals surface area contributed by atoms with Crippen molar-refractivity contribution in [2.24, 2.45) is 29.1 Å². The van der Waals surface area contributed by atoms with E-state index in [1.54, 1.807) is 7.11 Å². The molecule has 0 unspecified atom stereocenters. The van der Waals surface area contributed by atoms with Gasteiger partial charge in [0.1, 0.15) is 5.60 Å². The highest BCUT2D eigenvalue weighted by atomic mass is 16.5. The summed E-state index contributed by atoms with van der Waals surface area (Å²) >= 11 is 0. The van der Waals surface area contributed by atoms with Crippen LogP contribution in [-0.2, 0) is 4.74 Å². The summed E-state index contributed by atoms with van der Waals surface area (Å²) in [5, 5.41) is 11.2. The van der Waals surface area contributed by atoms with Gasteiger partial charge in [0.25, 0.3) is 0 Å². The smallest absolute Gasteiger partial charge is 0.131 e. The third-order valence-electron chi connectivity index (χ3n) is 7.99. The Balaban J connectivity index is 1.74. The van der Waals surface area contributed by atoms with E-state index < -0.39 is 5.60 Å². The van der Waals surface area contributed by atoms with Gasteiger partial charge < -0.3 is 9.84 Å². The highest BCUT2D eigenvalue weighted by molar-refractivity contribution is 5.37. The van der Waals surface area contributed by atoms with Crippen LogP contribution >= 0.6 is 0 Å². The molecule has 0 amide bonds. The fourth-order valence-electron chi connectivity index (χ4n) is 6.82. The number of terminal acetylenes is 1. The molecule has 4 aliphatic carbocycles. The first-order valence-electron chi connectivity index (χ1n) is 9.82. The zero-order valence-corrected chi connectivity index (χ0v) is 15.6. The van der Waals surface area contributed by atoms with Crippen LogP contribution in [0.5, 0.6) is 0 Å². The van der Waals surface area contributed by atoms with Gasteiger partial charge in [-0.25, -0.2) is 0 Å². The molecule has 4 aliphatic rings. The quantitative estimate of drug-likeness (QED) is 0.588. The zero-order valence-electron chi connectivity index (χ0n) is 15.6. The van der Waals surface area contributed by atoms with Crippen LogP contribution in [-0.4, -0.2) is 17.8 Å². The van der Waals surface area contributed by atoms with E-state index in [-0.39, 0.29) is 5.41 Å². The third-order valence-corrected chi connectivity index (χ3v) is 7.99. The summed E-state index contributed by atoms with van der Waals surface area (Å²) in [5.74, 6) is 6.10. The molecule has 2 nitrogen and oxygen atoms in total. The van der Waals surface area contributed by atoms with Crippen molar-refractivity contribution in [1.82, 2.24) is 0 Å². The molecule has 0 aromatic carbocycles. The van der Waals surface area contributed by atoms with Gasteiger partial charge in [-0.05, 0) is 73.8 Å². The monoisotopic (exact) mass is 338 g/mol. The van der Waals surface area contributed by atoms with E-state index in [2.05, 4.69) is 31.6 Å². The number of hydrogen-bond acceptors (Lipinski definition) is 2. The highest BCUT2D eigenvalue weighted by Crippen LogP contribution is 2.66. The van der Waals surface area contributed by atoms with Crippen LogP contribution < -0.4 is 0 Å². The minimum atomic E-state index is -0.958. The summed E-state index contributed by atoms with van der Waals surface area (Å²) in [6, 6.07) is 0. The first kappa shape index (κ1) is 17.0. The van der Waals surface area contributed by atoms with E-state index >= 15 is 0 Å². The molecule has 25 heavy (non-hydrogen) atoms. The number of rotatable bonds is 2. The minimum Gasteiger partial charge on any atom is -0.501 e. The van der Waals surface area contributed by atoms with Crippen LogP contribution in [0.1, 0.15) is 51.9 Å². The van der Waals surface area contributed by atoms with E-state index in [0.29, 0.717) is 23.7 Å². The first-order chi connectivity index (χ1) is 12.0. The van der Waals surface area contributed by atoms with Crippen LogP contribution in [0, 0.1) is 41.4 Å². The summed E-state index contributed by atoms with van der Waals surface area (Å²) in [5.41, 5.74) is 1.64. The average Bonchev–Trinajstić information content (AvgIpc) is 2.94. The Morgan fingerprint density at radius 3 is 2.92 bits per heavy atom. The lowest BCUT2D eigenvalue weighted by Crippen LogP contribution is -2.53. The van der Waals surface area contributed by atoms with Crippen LogP contribution in [0.15, 0.2) is 35.6 Å². The van der Waals surface area contributed by atoms with Gasteiger partial charge in [0, 0.05) is 11.8 Å². The molecule has 6 atom stereocenters. The van der Waals surface area contributed by atoms with Crippen LogP contribution in [0.3, 0.4) is 0 Å². The third kappa shape index (κ3) is 2.15. The van der Waals surface area contributed by atoms with Crippen molar-refractivity contribution in [3.05, 3.63) is 35.6 Å². The van der Waals surface area contributed by atoms with Crippen molar-refractivity contribution in [2.45, 2.75) is 57.5 Å². The van der Waals surface area contributed by atoms with Crippen LogP contribution in [0.25, 0.3) is 0 Å². The Morgan fingerprint density at radius 1 is 1.44 bits per heavy atom. The molecule has 2 fully saturated rings. The van der Waals surface area contributed by atoms with Gasteiger partial charge in [0.05, 0.1) is 12.9 Å². The van der Waals surface area contributed by atoms with Gasteiger partial charge >= 0.3 is 0 Å². The van der Waals surface area contributed by atoms with Crippen LogP contribution in [0.4, 0.5) is 0 Å². The largest absolute Gasteiger partial charge is 0.501 e. The number of aliphatic hydroxyl groups is 1. The second-order valence-corrected chi connectivity index (χ2v) is 8.58. The molecule has 0 saturated heterocycles. The Bertz CT molecular complexity index is 693. The lowest BCUT2D eigenvalue weighted by Gasteiger charge is -2.56. The minimum absolute atomic E-state index is 0.173. The van der Waals surface area contributed by atoms with Gasteiger partial charge in [-0.15, -0.1) is 6.42 Å². The standard InChI is InChI=1S/C23H30O2/c1-5-22-14-15(3)21-18-10-8-17(25-4)13-16(18)7-9-19(21)20(22)11-12-23(22,24)6-2/h2,7,13,18-21,24H,3,5,8-12,14H2,1,4H3/t18-,19-,20-,21+,22-,23-/m0/s1. The van der Waals surface area contributed by atoms with E-state index in [0.717, 1.165) is 50.7 Å². The maximum absolute atomic E-state index is 11.2. The van der Waals surface area contributed by atoms with E-state index in [1.807, 2.05) is 0 Å². The maximum Gasteiger partial charge on any atom is 0.131 e. The predicted octanol–water partition coefficient (Wildman–Crippen LogP) is 4.62. The van der Waals surface area contributed by atoms with E-state index in [1.165, 1.54) is 11.1 Å². The van der Waals surface area contributed by atoms with Crippen molar-refractivity contribution in [2.75, 3.05) is 7.11 Å². The second-order valence-electron chi connectivity index (χ2n) is 8.58. The molecular weight excluding hydrogens is 308 g/mol. The molecule has 0 bridgehead atoms. The summed E-state index contributed by atoms with van der Waals surface area (Å²) in [6.45, 7) is 6.72. The predicted molar refractivity (Wildman–Crippen MR) is 100 cm³/mol. The fourth-order valence-corrected chi connectivity index (χ4v) is 6.82. The highest BCUT2D eigenvalue weighted by Gasteiger charge is 2.63. The van der Waals surface area contributed by atoms with Gasteiger partial charge in [-0.2, -0.15) is 0 Å². The number of ether oxygens (including phenoxy) is 1. The molecule has 0 aromatic heterocycles. The molecule has 0 aliphatic heterocycles. The van der Waals surface area contributed by atoms with E-state index in [9.17, 15) is 5.11 Å². The maximum atomic E-state index is 11.2. The first-order valence-corrected chi connectivity index (χ1v) is 9.82. The SMILES string of the molecule is C#C[C@]1(O)CC[C@H]2[C@@H]3CC=C4C=C(OC)CC[C@@H]4[C@H]3C(=C)C[C@@]21CC. The Kier molecular flexibility index (Phi) is 3.92. The van der Waals surface area contributed by atoms with Crippen molar-refractivity contribution >= 4 is 0 Å². The molecule has 2 saturated carbocycles. The lowest BCUT2D eigenvalue weighted by atomic mass is 9.49. The fraction of sp³-hybridized carbons (Fsp3) is 0.652. The Morgan fingerprint density at radius 2 is 2.24 bits per heavy atom. The van der Waals surface area contributed by atoms with Crippen LogP contribution in [0.2, 0.25) is 0 Å². The van der Waals surface area contributed by atoms with Gasteiger partial charge in [0.15, 0.2) is 0 Å². The molecule has 0 spiro atoms. The van der Waals surface area contributed by atoms with E-state index in [4.69, 9.17) is 11.2 Å². The molecule has 134 valence electrons. The van der Waals surface area contributed by atoms with Crippen molar-refractivity contribution in [1.29, 1.82) is 0 Å². The van der Waals surface area contributed by atoms with Crippen molar-refractivity contribution in [3.63, 3.8) is 0 Å². The molecule has 0 radical (unpaired) electrons. The average molecular weight is 338 g/mol. The topological polar surface area (TPSA) is 29.5 Å². The molecule has 1 N–H and O–H groups in total. The molecule has 0 aromatic rings. The summed E-state index contributed by atoms with van der Waals surface area (Å²) in [7, 11) is 1.77. The number of methoxy groups -OCH3 is 1. The van der Waals surface area contributed by atoms with Gasteiger partial charge in [-0.3, -0.25) is 0 Å². The summed E-state index contributed by atoms with van der Waals surface area (Å²) < 4.78 is 5.49. The molecule has 2 heteroatoms. The number of allylic oxidation sites excluding steroid dienone is 5.